The number of carbonyl (C=O) groups is 3. The molecule has 0 heterocycles. The summed E-state index contributed by atoms with van der Waals surface area (Å²) < 4.78 is 9.65. The summed E-state index contributed by atoms with van der Waals surface area (Å²) in [4.78, 5) is 33.9. The van der Waals surface area contributed by atoms with E-state index in [1.807, 2.05) is 0 Å². The molecule has 0 aromatic carbocycles. The van der Waals surface area contributed by atoms with Crippen LogP contribution in [0.25, 0.3) is 0 Å². The number of methoxy groups -OCH3 is 2. The van der Waals surface area contributed by atoms with Crippen LogP contribution in [-0.4, -0.2) is 55.5 Å². The van der Waals surface area contributed by atoms with E-state index in [4.69, 9.17) is 9.84 Å². The Balaban J connectivity index is 2.38. The molecule has 8 nitrogen and oxygen atoms in total. The molecule has 8 heteroatoms. The van der Waals surface area contributed by atoms with Crippen molar-refractivity contribution >= 4 is 18.0 Å². The van der Waals surface area contributed by atoms with Crippen molar-refractivity contribution in [2.45, 2.75) is 50.3 Å². The third-order valence-electron chi connectivity index (χ3n) is 3.52. The first-order valence-corrected chi connectivity index (χ1v) is 6.85. The molecule has 0 bridgehead atoms. The number of aliphatic carboxylic acids is 1. The van der Waals surface area contributed by atoms with Crippen LogP contribution in [0, 0.1) is 0 Å². The van der Waals surface area contributed by atoms with E-state index in [1.54, 1.807) is 7.11 Å². The molecule has 0 aliphatic heterocycles. The highest BCUT2D eigenvalue weighted by molar-refractivity contribution is 5.83. The third kappa shape index (κ3) is 5.99. The highest BCUT2D eigenvalue weighted by Crippen LogP contribution is 2.21. The Hall–Kier alpha value is -1.83. The van der Waals surface area contributed by atoms with Crippen molar-refractivity contribution in [1.82, 2.24) is 10.6 Å². The van der Waals surface area contributed by atoms with E-state index in [0.29, 0.717) is 6.42 Å². The third-order valence-corrected chi connectivity index (χ3v) is 3.52. The molecule has 21 heavy (non-hydrogen) atoms. The minimum absolute atomic E-state index is 0.0131. The molecule has 3 N–H and O–H groups in total. The van der Waals surface area contributed by atoms with E-state index in [-0.39, 0.29) is 25.0 Å². The van der Waals surface area contributed by atoms with Gasteiger partial charge in [-0.3, -0.25) is 4.79 Å². The Kier molecular flexibility index (Phi) is 6.93. The normalized spacial score (nSPS) is 22.4. The lowest BCUT2D eigenvalue weighted by Gasteiger charge is -2.17. The van der Waals surface area contributed by atoms with Crippen molar-refractivity contribution in [1.29, 1.82) is 0 Å². The van der Waals surface area contributed by atoms with E-state index in [9.17, 15) is 14.4 Å². The highest BCUT2D eigenvalue weighted by Gasteiger charge is 2.27. The van der Waals surface area contributed by atoms with Gasteiger partial charge in [-0.15, -0.1) is 0 Å². The van der Waals surface area contributed by atoms with Crippen LogP contribution in [-0.2, 0) is 19.1 Å². The van der Waals surface area contributed by atoms with Crippen molar-refractivity contribution in [2.75, 3.05) is 14.2 Å². The number of hydrogen-bond acceptors (Lipinski definition) is 5. The van der Waals surface area contributed by atoms with Gasteiger partial charge in [0.05, 0.1) is 13.2 Å². The highest BCUT2D eigenvalue weighted by atomic mass is 16.5. The Morgan fingerprint density at radius 1 is 1.29 bits per heavy atom. The fraction of sp³-hybridized carbons (Fsp3) is 0.769. The quantitative estimate of drug-likeness (QED) is 0.581. The number of esters is 1. The van der Waals surface area contributed by atoms with Crippen LogP contribution in [0.15, 0.2) is 0 Å². The van der Waals surface area contributed by atoms with Gasteiger partial charge in [0.1, 0.15) is 6.04 Å². The van der Waals surface area contributed by atoms with Gasteiger partial charge in [0, 0.05) is 19.6 Å². The molecule has 1 saturated carbocycles. The van der Waals surface area contributed by atoms with E-state index >= 15 is 0 Å². The zero-order chi connectivity index (χ0) is 15.8. The molecular formula is C13H22N2O6. The molecule has 0 saturated heterocycles. The zero-order valence-electron chi connectivity index (χ0n) is 12.3. The lowest BCUT2D eigenvalue weighted by molar-refractivity contribution is -0.142. The maximum Gasteiger partial charge on any atom is 0.326 e. The number of urea groups is 1. The van der Waals surface area contributed by atoms with Crippen LogP contribution < -0.4 is 10.6 Å². The standard InChI is InChI=1S/C13H22N2O6/c1-20-9-4-3-8(7-9)14-13(19)15-10(12(17)18)5-6-11(16)21-2/h8-10H,3-7H2,1-2H3,(H,17,18)(H2,14,15,19)/t8?,9?,10-/m0/s1. The number of rotatable bonds is 7. The summed E-state index contributed by atoms with van der Waals surface area (Å²) in [7, 11) is 2.85. The molecule has 0 radical (unpaired) electrons. The number of hydrogen-bond donors (Lipinski definition) is 3. The molecule has 2 amide bonds. The minimum atomic E-state index is -1.18. The molecule has 1 aliphatic rings. The van der Waals surface area contributed by atoms with Gasteiger partial charge in [0.15, 0.2) is 0 Å². The molecule has 1 fully saturated rings. The molecule has 0 aromatic rings. The molecule has 1 aliphatic carbocycles. The van der Waals surface area contributed by atoms with Gasteiger partial charge < -0.3 is 25.2 Å². The van der Waals surface area contributed by atoms with E-state index in [1.165, 1.54) is 7.11 Å². The van der Waals surface area contributed by atoms with Crippen LogP contribution in [0.4, 0.5) is 4.79 Å². The zero-order valence-corrected chi connectivity index (χ0v) is 12.3. The monoisotopic (exact) mass is 302 g/mol. The maximum atomic E-state index is 11.8. The fourth-order valence-electron chi connectivity index (χ4n) is 2.29. The van der Waals surface area contributed by atoms with Crippen molar-refractivity contribution in [3.05, 3.63) is 0 Å². The van der Waals surface area contributed by atoms with Gasteiger partial charge in [-0.25, -0.2) is 9.59 Å². The van der Waals surface area contributed by atoms with E-state index < -0.39 is 24.0 Å². The first-order valence-electron chi connectivity index (χ1n) is 6.85. The average Bonchev–Trinajstić information content (AvgIpc) is 2.90. The second kappa shape index (κ2) is 8.46. The maximum absolute atomic E-state index is 11.8. The van der Waals surface area contributed by atoms with Gasteiger partial charge in [-0.2, -0.15) is 0 Å². The van der Waals surface area contributed by atoms with Crippen molar-refractivity contribution < 1.29 is 29.0 Å². The summed E-state index contributed by atoms with van der Waals surface area (Å²) in [5, 5.41) is 14.1. The SMILES string of the molecule is COC(=O)CC[C@H](NC(=O)NC1CCC(OC)C1)C(=O)O. The van der Waals surface area contributed by atoms with Gasteiger partial charge >= 0.3 is 18.0 Å². The summed E-state index contributed by atoms with van der Waals surface area (Å²) >= 11 is 0. The molecule has 120 valence electrons. The summed E-state index contributed by atoms with van der Waals surface area (Å²) in [6.07, 6.45) is 2.43. The van der Waals surface area contributed by atoms with Crippen LogP contribution in [0.3, 0.4) is 0 Å². The summed E-state index contributed by atoms with van der Waals surface area (Å²) in [5.74, 6) is -1.70. The van der Waals surface area contributed by atoms with Crippen LogP contribution in [0.2, 0.25) is 0 Å². The Morgan fingerprint density at radius 3 is 2.52 bits per heavy atom. The second-order valence-corrected chi connectivity index (χ2v) is 4.99. The summed E-state index contributed by atoms with van der Waals surface area (Å²) in [6, 6.07) is -1.69. The number of ether oxygens (including phenoxy) is 2. The van der Waals surface area contributed by atoms with Crippen molar-refractivity contribution in [3.8, 4) is 0 Å². The second-order valence-electron chi connectivity index (χ2n) is 4.99. The van der Waals surface area contributed by atoms with Crippen molar-refractivity contribution in [2.24, 2.45) is 0 Å². The molecule has 2 unspecified atom stereocenters. The molecule has 0 spiro atoms. The van der Waals surface area contributed by atoms with Gasteiger partial charge in [0.25, 0.3) is 0 Å². The number of carbonyl (C=O) groups excluding carboxylic acids is 2. The number of nitrogens with one attached hydrogen (secondary N) is 2. The topological polar surface area (TPSA) is 114 Å². The minimum Gasteiger partial charge on any atom is -0.480 e. The van der Waals surface area contributed by atoms with Gasteiger partial charge in [0.2, 0.25) is 0 Å². The lowest BCUT2D eigenvalue weighted by Crippen LogP contribution is -2.48. The summed E-state index contributed by atoms with van der Waals surface area (Å²) in [5.41, 5.74) is 0. The largest absolute Gasteiger partial charge is 0.480 e. The fourth-order valence-corrected chi connectivity index (χ4v) is 2.29. The van der Waals surface area contributed by atoms with Gasteiger partial charge in [-0.05, 0) is 25.7 Å². The average molecular weight is 302 g/mol. The van der Waals surface area contributed by atoms with Crippen LogP contribution in [0.1, 0.15) is 32.1 Å². The number of amides is 2. The summed E-state index contributed by atoms with van der Waals surface area (Å²) in [6.45, 7) is 0. The molecule has 0 aromatic heterocycles. The van der Waals surface area contributed by atoms with E-state index in [0.717, 1.165) is 12.8 Å². The van der Waals surface area contributed by atoms with E-state index in [2.05, 4.69) is 15.4 Å². The predicted molar refractivity (Wildman–Crippen MR) is 72.8 cm³/mol. The lowest BCUT2D eigenvalue weighted by atomic mass is 10.1. The van der Waals surface area contributed by atoms with Gasteiger partial charge in [-0.1, -0.05) is 0 Å². The Bertz CT molecular complexity index is 387. The van der Waals surface area contributed by atoms with Crippen LogP contribution in [0.5, 0.6) is 0 Å². The number of carboxylic acid groups (broad SMARTS) is 1. The van der Waals surface area contributed by atoms with Crippen molar-refractivity contribution in [3.63, 3.8) is 0 Å². The predicted octanol–water partition coefficient (Wildman–Crippen LogP) is 0.260. The molecule has 3 atom stereocenters. The smallest absolute Gasteiger partial charge is 0.326 e. The first kappa shape index (κ1) is 17.2. The van der Waals surface area contributed by atoms with Crippen LogP contribution >= 0.6 is 0 Å². The molecular weight excluding hydrogens is 280 g/mol. The molecule has 1 rings (SSSR count). The number of carboxylic acids is 1. The first-order chi connectivity index (χ1) is 9.96. The Labute approximate surface area is 123 Å². The Morgan fingerprint density at radius 2 is 2.00 bits per heavy atom.